The fraction of sp³-hybridized carbons (Fsp3) is 0.545. The number of halogens is 3. The largest absolute Gasteiger partial charge is 0.447 e. The van der Waals surface area contributed by atoms with Crippen molar-refractivity contribution in [3.63, 3.8) is 0 Å². The molecule has 2 aliphatic heterocycles. The van der Waals surface area contributed by atoms with Crippen LogP contribution in [0.1, 0.15) is 40.3 Å². The number of rotatable bonds is 7. The van der Waals surface area contributed by atoms with E-state index in [1.165, 1.54) is 18.4 Å². The molecule has 1 aromatic heterocycles. The minimum absolute atomic E-state index is 0.0599. The van der Waals surface area contributed by atoms with E-state index in [-0.39, 0.29) is 24.2 Å². The fourth-order valence-corrected chi connectivity index (χ4v) is 4.06. The Morgan fingerprint density at radius 3 is 2.53 bits per heavy atom. The quantitative estimate of drug-likeness (QED) is 0.697. The van der Waals surface area contributed by atoms with Crippen molar-refractivity contribution >= 4 is 5.91 Å². The zero-order valence-electron chi connectivity index (χ0n) is 17.7. The Hall–Kier alpha value is -2.43. The van der Waals surface area contributed by atoms with Crippen LogP contribution in [0.4, 0.5) is 13.2 Å². The summed E-state index contributed by atoms with van der Waals surface area (Å²) >= 11 is 0. The lowest BCUT2D eigenvalue weighted by atomic mass is 10.1. The summed E-state index contributed by atoms with van der Waals surface area (Å²) in [4.78, 5) is 20.6. The van der Waals surface area contributed by atoms with Crippen LogP contribution in [-0.4, -0.2) is 66.1 Å². The summed E-state index contributed by atoms with van der Waals surface area (Å²) in [6, 6.07) is 5.71. The highest BCUT2D eigenvalue weighted by molar-refractivity contribution is 5.91. The first-order valence-corrected chi connectivity index (χ1v) is 10.8. The van der Waals surface area contributed by atoms with Crippen LogP contribution < -0.4 is 5.32 Å². The number of nitrogens with one attached hydrogen (secondary N) is 1. The Bertz CT molecular complexity index is 904. The summed E-state index contributed by atoms with van der Waals surface area (Å²) in [6.45, 7) is 4.54. The van der Waals surface area contributed by atoms with E-state index >= 15 is 0 Å². The van der Waals surface area contributed by atoms with Crippen molar-refractivity contribution in [2.45, 2.75) is 38.2 Å². The Balaban J connectivity index is 1.24. The predicted octanol–water partition coefficient (Wildman–Crippen LogP) is 2.92. The number of ether oxygens (including phenoxy) is 1. The van der Waals surface area contributed by atoms with Crippen LogP contribution in [0.15, 0.2) is 34.9 Å². The Morgan fingerprint density at radius 1 is 1.12 bits per heavy atom. The molecule has 2 saturated heterocycles. The number of amides is 1. The van der Waals surface area contributed by atoms with Crippen molar-refractivity contribution in [2.75, 3.05) is 39.3 Å². The maximum absolute atomic E-state index is 13.2. The molecule has 10 heteroatoms. The third kappa shape index (κ3) is 5.87. The van der Waals surface area contributed by atoms with Gasteiger partial charge in [-0.25, -0.2) is 4.98 Å². The molecule has 0 radical (unpaired) electrons. The lowest BCUT2D eigenvalue weighted by molar-refractivity contribution is -0.138. The van der Waals surface area contributed by atoms with E-state index in [1.54, 1.807) is 6.07 Å². The molecule has 0 saturated carbocycles. The van der Waals surface area contributed by atoms with Crippen molar-refractivity contribution in [2.24, 2.45) is 0 Å². The minimum Gasteiger partial charge on any atom is -0.447 e. The van der Waals surface area contributed by atoms with Gasteiger partial charge in [0.1, 0.15) is 6.26 Å². The van der Waals surface area contributed by atoms with E-state index in [4.69, 9.17) is 9.15 Å². The topological polar surface area (TPSA) is 70.8 Å². The van der Waals surface area contributed by atoms with E-state index in [9.17, 15) is 18.0 Å². The molecule has 0 aliphatic carbocycles. The number of piperazine rings is 1. The molecule has 1 N–H and O–H groups in total. The van der Waals surface area contributed by atoms with Crippen LogP contribution in [0.25, 0.3) is 0 Å². The highest BCUT2D eigenvalue weighted by Crippen LogP contribution is 2.32. The van der Waals surface area contributed by atoms with Crippen LogP contribution in [0.5, 0.6) is 0 Å². The van der Waals surface area contributed by atoms with Crippen molar-refractivity contribution < 1.29 is 27.1 Å². The predicted molar refractivity (Wildman–Crippen MR) is 110 cm³/mol. The molecule has 1 aromatic carbocycles. The minimum atomic E-state index is -4.35. The average molecular weight is 452 g/mol. The maximum atomic E-state index is 13.2. The zero-order chi connectivity index (χ0) is 22.6. The molecule has 0 bridgehead atoms. The first-order chi connectivity index (χ1) is 15.4. The summed E-state index contributed by atoms with van der Waals surface area (Å²) < 4.78 is 50.6. The molecule has 2 fully saturated rings. The molecular weight excluding hydrogens is 425 g/mol. The molecule has 1 unspecified atom stereocenters. The molecule has 0 spiro atoms. The molecule has 7 nitrogen and oxygen atoms in total. The second-order valence-electron chi connectivity index (χ2n) is 8.18. The van der Waals surface area contributed by atoms with Gasteiger partial charge in [-0.3, -0.25) is 14.6 Å². The van der Waals surface area contributed by atoms with Gasteiger partial charge in [0.25, 0.3) is 5.91 Å². The van der Waals surface area contributed by atoms with E-state index in [2.05, 4.69) is 15.2 Å². The maximum Gasteiger partial charge on any atom is 0.416 e. The first kappa shape index (κ1) is 22.8. The molecule has 3 heterocycles. The second-order valence-corrected chi connectivity index (χ2v) is 8.18. The Labute approximate surface area is 184 Å². The summed E-state index contributed by atoms with van der Waals surface area (Å²) in [5.74, 6) is 0.159. The number of carbonyl (C=O) groups is 1. The molecule has 174 valence electrons. The standard InChI is InChI=1S/C22H27F3N4O3/c23-22(24,25)18-6-2-1-4-16(18)13-28-7-9-29(10-8-28)14-20-27-19(15-32-20)21(30)26-12-17-5-3-11-31-17/h1-2,4,6,15,17H,3,5,7-14H2,(H,26,30). The SMILES string of the molecule is O=C(NCC1CCCO1)c1coc(CN2CCN(Cc3ccccc3C(F)(F)F)CC2)n1. The van der Waals surface area contributed by atoms with Crippen molar-refractivity contribution in [1.29, 1.82) is 0 Å². The van der Waals surface area contributed by atoms with E-state index in [0.29, 0.717) is 50.7 Å². The van der Waals surface area contributed by atoms with Gasteiger partial charge in [0.05, 0.1) is 18.2 Å². The Morgan fingerprint density at radius 2 is 1.84 bits per heavy atom. The average Bonchev–Trinajstić information content (AvgIpc) is 3.45. The third-order valence-corrected chi connectivity index (χ3v) is 5.84. The van der Waals surface area contributed by atoms with Gasteiger partial charge in [-0.05, 0) is 24.5 Å². The molecule has 32 heavy (non-hydrogen) atoms. The number of aromatic nitrogens is 1. The van der Waals surface area contributed by atoms with Crippen LogP contribution in [0.3, 0.4) is 0 Å². The summed E-state index contributed by atoms with van der Waals surface area (Å²) in [7, 11) is 0. The van der Waals surface area contributed by atoms with E-state index in [1.807, 2.05) is 4.90 Å². The summed E-state index contributed by atoms with van der Waals surface area (Å²) in [6.07, 6.45) is -0.985. The van der Waals surface area contributed by atoms with Gasteiger partial charge < -0.3 is 14.5 Å². The lowest BCUT2D eigenvalue weighted by Gasteiger charge is -2.34. The van der Waals surface area contributed by atoms with Gasteiger partial charge in [0.2, 0.25) is 5.89 Å². The number of hydrogen-bond acceptors (Lipinski definition) is 6. The molecule has 2 aliphatic rings. The lowest BCUT2D eigenvalue weighted by Crippen LogP contribution is -2.45. The number of oxazole rings is 1. The van der Waals surface area contributed by atoms with Crippen LogP contribution in [0, 0.1) is 0 Å². The monoisotopic (exact) mass is 452 g/mol. The number of hydrogen-bond donors (Lipinski definition) is 1. The van der Waals surface area contributed by atoms with Gasteiger partial charge in [-0.2, -0.15) is 13.2 Å². The van der Waals surface area contributed by atoms with Crippen LogP contribution in [-0.2, 0) is 24.0 Å². The molecule has 2 aromatic rings. The van der Waals surface area contributed by atoms with Gasteiger partial charge in [0.15, 0.2) is 5.69 Å². The molecule has 1 atom stereocenters. The van der Waals surface area contributed by atoms with Crippen molar-refractivity contribution in [3.05, 3.63) is 53.2 Å². The number of benzene rings is 1. The summed E-state index contributed by atoms with van der Waals surface area (Å²) in [5.41, 5.74) is -0.0484. The van der Waals surface area contributed by atoms with Crippen LogP contribution in [0.2, 0.25) is 0 Å². The van der Waals surface area contributed by atoms with Crippen molar-refractivity contribution in [1.82, 2.24) is 20.1 Å². The number of alkyl halides is 3. The van der Waals surface area contributed by atoms with Gasteiger partial charge in [-0.1, -0.05) is 18.2 Å². The molecular formula is C22H27F3N4O3. The molecule has 1 amide bonds. The highest BCUT2D eigenvalue weighted by atomic mass is 19.4. The van der Waals surface area contributed by atoms with Gasteiger partial charge >= 0.3 is 6.18 Å². The van der Waals surface area contributed by atoms with Gasteiger partial charge in [0, 0.05) is 45.9 Å². The normalized spacial score (nSPS) is 20.5. The number of carbonyl (C=O) groups excluding carboxylic acids is 1. The smallest absolute Gasteiger partial charge is 0.416 e. The van der Waals surface area contributed by atoms with E-state index in [0.717, 1.165) is 25.5 Å². The second kappa shape index (κ2) is 10.0. The third-order valence-electron chi connectivity index (χ3n) is 5.84. The number of nitrogens with zero attached hydrogens (tertiary/aromatic N) is 3. The van der Waals surface area contributed by atoms with Gasteiger partial charge in [-0.15, -0.1) is 0 Å². The van der Waals surface area contributed by atoms with E-state index < -0.39 is 11.7 Å². The first-order valence-electron chi connectivity index (χ1n) is 10.8. The fourth-order valence-electron chi connectivity index (χ4n) is 4.06. The molecule has 4 rings (SSSR count). The van der Waals surface area contributed by atoms with Crippen LogP contribution >= 0.6 is 0 Å². The Kier molecular flexibility index (Phi) is 7.12. The zero-order valence-corrected chi connectivity index (χ0v) is 17.7. The summed E-state index contributed by atoms with van der Waals surface area (Å²) in [5, 5.41) is 2.82. The highest BCUT2D eigenvalue weighted by Gasteiger charge is 2.33. The van der Waals surface area contributed by atoms with Crippen molar-refractivity contribution in [3.8, 4) is 0 Å².